The Kier molecular flexibility index (Phi) is 48.7. The Hall–Kier alpha value is -1.52. The first-order chi connectivity index (χ1) is 32.2. The summed E-state index contributed by atoms with van der Waals surface area (Å²) in [5, 5.41) is 9.75. The molecule has 0 aromatic heterocycles. The minimum absolute atomic E-state index is 0.178. The van der Waals surface area contributed by atoms with Crippen LogP contribution in [0, 0.1) is 0 Å². The van der Waals surface area contributed by atoms with Gasteiger partial charge in [0, 0.05) is 19.3 Å². The number of unbranched alkanes of at least 4 members (excludes halogenated alkanes) is 36. The van der Waals surface area contributed by atoms with Gasteiger partial charge in [-0.05, 0) is 19.3 Å². The number of phosphoric acid groups is 1. The third-order valence-electron chi connectivity index (χ3n) is 12.5. The quantitative estimate of drug-likeness (QED) is 0.0259. The van der Waals surface area contributed by atoms with E-state index in [-0.39, 0.29) is 25.9 Å². The van der Waals surface area contributed by atoms with Crippen LogP contribution in [0.5, 0.6) is 0 Å². The molecule has 0 aliphatic carbocycles. The summed E-state index contributed by atoms with van der Waals surface area (Å²) in [4.78, 5) is 48.3. The zero-order valence-corrected chi connectivity index (χ0v) is 44.1. The Bertz CT molecular complexity index is 1120. The summed E-state index contributed by atoms with van der Waals surface area (Å²) in [7, 11) is -4.73. The molecule has 3 unspecified atom stereocenters. The van der Waals surface area contributed by atoms with E-state index in [0.717, 1.165) is 57.8 Å². The van der Waals surface area contributed by atoms with E-state index < -0.39 is 57.8 Å². The number of hydrogen-bond donors (Lipinski definition) is 2. The Morgan fingerprint density at radius 3 is 0.894 bits per heavy atom. The first-order valence-corrected chi connectivity index (χ1v) is 29.4. The van der Waals surface area contributed by atoms with Crippen LogP contribution in [-0.4, -0.2) is 66.5 Å². The largest absolute Gasteiger partial charge is 0.472 e. The van der Waals surface area contributed by atoms with E-state index in [1.807, 2.05) is 0 Å². The molecule has 0 saturated heterocycles. The van der Waals surface area contributed by atoms with Crippen molar-refractivity contribution in [3.05, 3.63) is 0 Å². The molecule has 0 rings (SSSR count). The Labute approximate surface area is 405 Å². The van der Waals surface area contributed by atoms with Crippen molar-refractivity contribution in [3.8, 4) is 0 Å². The van der Waals surface area contributed by atoms with E-state index in [2.05, 4.69) is 20.8 Å². The van der Waals surface area contributed by atoms with Crippen molar-refractivity contribution in [2.75, 3.05) is 26.4 Å². The van der Waals surface area contributed by atoms with Gasteiger partial charge in [-0.15, -0.1) is 0 Å². The SMILES string of the molecule is CCCCCCCCCCCCCCCCCC(=O)OCC(COP(=O)(O)OCC(CO)OC(=O)CCCCCCCCCCC)OC(=O)CCCCCCCCCCCCCCCCC. The molecule has 2 N–H and O–H groups in total. The second-order valence-corrected chi connectivity index (χ2v) is 20.6. The fourth-order valence-corrected chi connectivity index (χ4v) is 9.02. The van der Waals surface area contributed by atoms with Crippen molar-refractivity contribution >= 4 is 25.7 Å². The van der Waals surface area contributed by atoms with Gasteiger partial charge in [-0.2, -0.15) is 0 Å². The lowest BCUT2D eigenvalue weighted by Gasteiger charge is -2.21. The third kappa shape index (κ3) is 47.5. The lowest BCUT2D eigenvalue weighted by Crippen LogP contribution is -2.30. The monoisotopic (exact) mass is 961 g/mol. The molecule has 3 atom stereocenters. The minimum Gasteiger partial charge on any atom is -0.462 e. The minimum atomic E-state index is -4.73. The summed E-state index contributed by atoms with van der Waals surface area (Å²) < 4.78 is 39.4. The molecule has 12 heteroatoms. The van der Waals surface area contributed by atoms with Gasteiger partial charge in [0.1, 0.15) is 12.7 Å². The predicted molar refractivity (Wildman–Crippen MR) is 270 cm³/mol. The number of phosphoric ester groups is 1. The molecule has 0 heterocycles. The first kappa shape index (κ1) is 64.5. The summed E-state index contributed by atoms with van der Waals surface area (Å²) in [6, 6.07) is 0. The van der Waals surface area contributed by atoms with Gasteiger partial charge in [0.25, 0.3) is 0 Å². The standard InChI is InChI=1S/C54H105O11P/c1-4-7-10-13-16-19-21-23-25-27-29-32-34-37-40-43-52(56)61-47-51(65-54(58)45-42-39-36-33-30-28-26-24-22-20-17-14-11-8-5-2)49-63-66(59,60)62-48-50(46-55)64-53(57)44-41-38-35-31-18-15-12-9-6-3/h50-51,55H,4-49H2,1-3H3,(H,59,60). The van der Waals surface area contributed by atoms with E-state index in [0.29, 0.717) is 19.3 Å². The number of rotatable bonds is 53. The van der Waals surface area contributed by atoms with E-state index in [1.54, 1.807) is 0 Å². The van der Waals surface area contributed by atoms with Crippen molar-refractivity contribution in [2.24, 2.45) is 0 Å². The summed E-state index contributed by atoms with van der Waals surface area (Å²) in [5.74, 6) is -1.43. The van der Waals surface area contributed by atoms with Gasteiger partial charge in [-0.3, -0.25) is 23.4 Å². The average molecular weight is 961 g/mol. The maximum absolute atomic E-state index is 12.9. The normalized spacial score (nSPS) is 13.3. The molecule has 0 amide bonds. The van der Waals surface area contributed by atoms with E-state index in [9.17, 15) is 28.9 Å². The number of aliphatic hydroxyl groups is 1. The molecule has 392 valence electrons. The molecule has 66 heavy (non-hydrogen) atoms. The highest BCUT2D eigenvalue weighted by atomic mass is 31.2. The molecule has 0 aliphatic rings. The zero-order chi connectivity index (χ0) is 48.4. The molecule has 0 aromatic carbocycles. The van der Waals surface area contributed by atoms with Gasteiger partial charge in [0.2, 0.25) is 0 Å². The van der Waals surface area contributed by atoms with Crippen LogP contribution >= 0.6 is 7.82 Å². The average Bonchev–Trinajstić information content (AvgIpc) is 3.30. The molecule has 0 bridgehead atoms. The van der Waals surface area contributed by atoms with Crippen LogP contribution < -0.4 is 0 Å². The molecule has 0 radical (unpaired) electrons. The highest BCUT2D eigenvalue weighted by Crippen LogP contribution is 2.43. The number of aliphatic hydroxyl groups excluding tert-OH is 1. The van der Waals surface area contributed by atoms with Crippen LogP contribution in [0.15, 0.2) is 0 Å². The second kappa shape index (κ2) is 49.9. The van der Waals surface area contributed by atoms with Crippen LogP contribution in [0.1, 0.15) is 290 Å². The van der Waals surface area contributed by atoms with Gasteiger partial charge in [0.05, 0.1) is 19.8 Å². The molecule has 0 aliphatic heterocycles. The van der Waals surface area contributed by atoms with Crippen LogP contribution in [-0.2, 0) is 42.2 Å². The summed E-state index contributed by atoms with van der Waals surface area (Å²) in [6.07, 6.45) is 45.0. The predicted octanol–water partition coefficient (Wildman–Crippen LogP) is 15.9. The van der Waals surface area contributed by atoms with Crippen LogP contribution in [0.4, 0.5) is 0 Å². The smallest absolute Gasteiger partial charge is 0.462 e. The maximum atomic E-state index is 12.9. The summed E-state index contributed by atoms with van der Waals surface area (Å²) in [5.41, 5.74) is 0. The highest BCUT2D eigenvalue weighted by molar-refractivity contribution is 7.47. The van der Waals surface area contributed by atoms with Crippen molar-refractivity contribution in [1.29, 1.82) is 0 Å². The Morgan fingerprint density at radius 1 is 0.364 bits per heavy atom. The number of carbonyl (C=O) groups is 3. The Balaban J connectivity index is 4.67. The van der Waals surface area contributed by atoms with Crippen molar-refractivity contribution < 1.29 is 52.2 Å². The summed E-state index contributed by atoms with van der Waals surface area (Å²) in [6.45, 7) is 4.68. The van der Waals surface area contributed by atoms with Gasteiger partial charge < -0.3 is 24.2 Å². The van der Waals surface area contributed by atoms with Crippen molar-refractivity contribution in [2.45, 2.75) is 303 Å². The fraction of sp³-hybridized carbons (Fsp3) is 0.944. The van der Waals surface area contributed by atoms with Crippen LogP contribution in [0.3, 0.4) is 0 Å². The number of esters is 3. The molecule has 0 aromatic rings. The molecule has 0 saturated carbocycles. The van der Waals surface area contributed by atoms with E-state index >= 15 is 0 Å². The zero-order valence-electron chi connectivity index (χ0n) is 43.2. The molecule has 0 spiro atoms. The van der Waals surface area contributed by atoms with Crippen LogP contribution in [0.2, 0.25) is 0 Å². The number of carbonyl (C=O) groups excluding carboxylic acids is 3. The summed E-state index contributed by atoms with van der Waals surface area (Å²) >= 11 is 0. The Morgan fingerprint density at radius 2 is 0.606 bits per heavy atom. The van der Waals surface area contributed by atoms with Gasteiger partial charge in [0.15, 0.2) is 6.10 Å². The third-order valence-corrected chi connectivity index (χ3v) is 13.5. The maximum Gasteiger partial charge on any atom is 0.472 e. The van der Waals surface area contributed by atoms with Gasteiger partial charge >= 0.3 is 25.7 Å². The molecular weight excluding hydrogens is 856 g/mol. The molecule has 11 nitrogen and oxygen atoms in total. The lowest BCUT2D eigenvalue weighted by atomic mass is 10.0. The second-order valence-electron chi connectivity index (χ2n) is 19.1. The number of hydrogen-bond acceptors (Lipinski definition) is 10. The van der Waals surface area contributed by atoms with E-state index in [1.165, 1.54) is 173 Å². The lowest BCUT2D eigenvalue weighted by molar-refractivity contribution is -0.161. The van der Waals surface area contributed by atoms with Gasteiger partial charge in [-0.25, -0.2) is 4.57 Å². The topological polar surface area (TPSA) is 155 Å². The van der Waals surface area contributed by atoms with Gasteiger partial charge in [-0.1, -0.05) is 252 Å². The highest BCUT2D eigenvalue weighted by Gasteiger charge is 2.28. The van der Waals surface area contributed by atoms with E-state index in [4.69, 9.17) is 23.3 Å². The van der Waals surface area contributed by atoms with Crippen molar-refractivity contribution in [1.82, 2.24) is 0 Å². The number of ether oxygens (including phenoxy) is 3. The molecule has 0 fully saturated rings. The van der Waals surface area contributed by atoms with Crippen molar-refractivity contribution in [3.63, 3.8) is 0 Å². The first-order valence-electron chi connectivity index (χ1n) is 27.9. The molecular formula is C54H105O11P. The fourth-order valence-electron chi connectivity index (χ4n) is 8.24. The van der Waals surface area contributed by atoms with Crippen LogP contribution in [0.25, 0.3) is 0 Å².